The minimum Gasteiger partial charge on any atom is -0.462 e. The molecule has 0 bridgehead atoms. The summed E-state index contributed by atoms with van der Waals surface area (Å²) < 4.78 is 38.0. The number of carbonyl (C=O) groups is 2. The normalized spacial score (nSPS) is 26.6. The van der Waals surface area contributed by atoms with Gasteiger partial charge in [-0.05, 0) is 39.0 Å². The summed E-state index contributed by atoms with van der Waals surface area (Å²) >= 11 is 0. The van der Waals surface area contributed by atoms with Crippen LogP contribution in [0, 0.1) is 0 Å². The van der Waals surface area contributed by atoms with Crippen molar-refractivity contribution in [2.24, 2.45) is 0 Å². The first-order chi connectivity index (χ1) is 14.7. The molecule has 0 saturated carbocycles. The molecule has 2 saturated heterocycles. The summed E-state index contributed by atoms with van der Waals surface area (Å²) in [6, 6.07) is 6.12. The topological polar surface area (TPSA) is 120 Å². The zero-order valence-corrected chi connectivity index (χ0v) is 17.4. The Hall–Kier alpha value is -3.11. The molecule has 4 atom stereocenters. The van der Waals surface area contributed by atoms with Crippen molar-refractivity contribution in [3.63, 3.8) is 0 Å². The van der Waals surface area contributed by atoms with Crippen LogP contribution in [0.15, 0.2) is 33.5 Å². The number of ether oxygens (including phenoxy) is 6. The van der Waals surface area contributed by atoms with Crippen LogP contribution in [0.25, 0.3) is 11.0 Å². The fraction of sp³-hybridized carbons (Fsp3) is 0.476. The molecule has 10 nitrogen and oxygen atoms in total. The largest absolute Gasteiger partial charge is 0.509 e. The van der Waals surface area contributed by atoms with Crippen LogP contribution in [-0.4, -0.2) is 56.0 Å². The van der Waals surface area contributed by atoms with Gasteiger partial charge >= 0.3 is 17.8 Å². The highest BCUT2D eigenvalue weighted by atomic mass is 16.8. The predicted molar refractivity (Wildman–Crippen MR) is 104 cm³/mol. The van der Waals surface area contributed by atoms with E-state index in [-0.39, 0.29) is 17.8 Å². The van der Waals surface area contributed by atoms with E-state index in [2.05, 4.69) is 0 Å². The molecule has 2 fully saturated rings. The minimum absolute atomic E-state index is 0.140. The van der Waals surface area contributed by atoms with Gasteiger partial charge in [0.05, 0.1) is 12.2 Å². The molecule has 2 aliphatic heterocycles. The summed E-state index contributed by atoms with van der Waals surface area (Å²) in [7, 11) is 1.50. The molecule has 10 heteroatoms. The van der Waals surface area contributed by atoms with Crippen LogP contribution in [0.4, 0.5) is 4.79 Å². The Morgan fingerprint density at radius 1 is 1.13 bits per heavy atom. The highest BCUT2D eigenvalue weighted by Gasteiger charge is 2.58. The summed E-state index contributed by atoms with van der Waals surface area (Å²) in [5.74, 6) is -0.448. The quantitative estimate of drug-likeness (QED) is 0.512. The van der Waals surface area contributed by atoms with Crippen molar-refractivity contribution in [1.82, 2.24) is 0 Å². The number of esters is 1. The Labute approximate surface area is 176 Å². The van der Waals surface area contributed by atoms with Gasteiger partial charge in [-0.15, -0.1) is 0 Å². The Morgan fingerprint density at radius 2 is 1.87 bits per heavy atom. The number of hydrogen-bond donors (Lipinski definition) is 0. The fourth-order valence-electron chi connectivity index (χ4n) is 3.82. The Balaban J connectivity index is 1.62. The number of fused-ring (bicyclic) bond motifs is 2. The van der Waals surface area contributed by atoms with E-state index in [9.17, 15) is 14.4 Å². The van der Waals surface area contributed by atoms with Crippen LogP contribution in [0.5, 0.6) is 5.75 Å². The molecule has 2 aromatic rings. The zero-order valence-electron chi connectivity index (χ0n) is 17.4. The molecule has 1 aromatic carbocycles. The van der Waals surface area contributed by atoms with E-state index >= 15 is 0 Å². The second kappa shape index (κ2) is 7.86. The first-order valence-corrected chi connectivity index (χ1v) is 9.73. The predicted octanol–water partition coefficient (Wildman–Crippen LogP) is 2.40. The van der Waals surface area contributed by atoms with Gasteiger partial charge in [0.1, 0.15) is 23.0 Å². The van der Waals surface area contributed by atoms with Crippen LogP contribution < -0.4 is 10.4 Å². The molecule has 1 aromatic heterocycles. The lowest BCUT2D eigenvalue weighted by Gasteiger charge is -2.45. The molecule has 166 valence electrons. The van der Waals surface area contributed by atoms with E-state index in [1.165, 1.54) is 19.2 Å². The van der Waals surface area contributed by atoms with Gasteiger partial charge in [0.15, 0.2) is 6.10 Å². The Kier molecular flexibility index (Phi) is 5.36. The number of hydrogen-bond acceptors (Lipinski definition) is 10. The van der Waals surface area contributed by atoms with Crippen LogP contribution >= 0.6 is 0 Å². The van der Waals surface area contributed by atoms with E-state index in [0.717, 1.165) is 0 Å². The van der Waals surface area contributed by atoms with Crippen LogP contribution in [0.2, 0.25) is 0 Å². The van der Waals surface area contributed by atoms with Crippen LogP contribution in [0.1, 0.15) is 31.1 Å². The molecular formula is C21H22O10. The van der Waals surface area contributed by atoms with Crippen molar-refractivity contribution in [2.75, 3.05) is 13.7 Å². The molecule has 0 radical (unpaired) electrons. The third-order valence-corrected chi connectivity index (χ3v) is 5.17. The molecule has 4 rings (SSSR count). The number of benzene rings is 1. The lowest BCUT2D eigenvalue weighted by molar-refractivity contribution is -0.282. The van der Waals surface area contributed by atoms with Gasteiger partial charge in [-0.25, -0.2) is 14.4 Å². The smallest absolute Gasteiger partial charge is 0.462 e. The molecule has 2 aliphatic rings. The van der Waals surface area contributed by atoms with Gasteiger partial charge in [-0.2, -0.15) is 0 Å². The monoisotopic (exact) mass is 434 g/mol. The van der Waals surface area contributed by atoms with Crippen molar-refractivity contribution in [3.05, 3.63) is 40.2 Å². The van der Waals surface area contributed by atoms with Crippen molar-refractivity contribution in [1.29, 1.82) is 0 Å². The third kappa shape index (κ3) is 3.84. The van der Waals surface area contributed by atoms with Crippen molar-refractivity contribution < 1.29 is 42.4 Å². The number of carbonyl (C=O) groups excluding carboxylic acids is 2. The van der Waals surface area contributed by atoms with Gasteiger partial charge in [0.2, 0.25) is 12.4 Å². The van der Waals surface area contributed by atoms with Crippen LogP contribution in [-0.2, 0) is 23.7 Å². The van der Waals surface area contributed by atoms with Crippen molar-refractivity contribution >= 4 is 23.1 Å². The average molecular weight is 434 g/mol. The summed E-state index contributed by atoms with van der Waals surface area (Å²) in [4.78, 5) is 35.8. The molecule has 3 heterocycles. The van der Waals surface area contributed by atoms with E-state index < -0.39 is 48.0 Å². The lowest BCUT2D eigenvalue weighted by Crippen LogP contribution is -2.62. The second-order valence-corrected chi connectivity index (χ2v) is 7.65. The Morgan fingerprint density at radius 3 is 2.58 bits per heavy atom. The van der Waals surface area contributed by atoms with E-state index in [4.69, 9.17) is 32.8 Å². The summed E-state index contributed by atoms with van der Waals surface area (Å²) in [6.45, 7) is 5.36. The third-order valence-electron chi connectivity index (χ3n) is 5.17. The first-order valence-electron chi connectivity index (χ1n) is 9.73. The van der Waals surface area contributed by atoms with Gasteiger partial charge in [0, 0.05) is 18.6 Å². The van der Waals surface area contributed by atoms with Gasteiger partial charge in [-0.3, -0.25) is 0 Å². The fourth-order valence-corrected chi connectivity index (χ4v) is 3.82. The molecule has 0 aliphatic carbocycles. The van der Waals surface area contributed by atoms with Crippen molar-refractivity contribution in [3.8, 4) is 5.75 Å². The highest BCUT2D eigenvalue weighted by molar-refractivity contribution is 5.93. The number of rotatable bonds is 5. The summed E-state index contributed by atoms with van der Waals surface area (Å²) in [5, 5.41) is 0.507. The van der Waals surface area contributed by atoms with Crippen molar-refractivity contribution in [2.45, 2.75) is 51.0 Å². The van der Waals surface area contributed by atoms with Crippen LogP contribution in [0.3, 0.4) is 0 Å². The zero-order chi connectivity index (χ0) is 22.3. The summed E-state index contributed by atoms with van der Waals surface area (Å²) in [6.07, 6.45) is -3.93. The van der Waals surface area contributed by atoms with E-state index in [1.807, 2.05) is 0 Å². The maximum absolute atomic E-state index is 12.2. The van der Waals surface area contributed by atoms with E-state index in [1.54, 1.807) is 32.9 Å². The maximum atomic E-state index is 12.2. The van der Waals surface area contributed by atoms with Gasteiger partial charge in [-0.1, -0.05) is 0 Å². The lowest BCUT2D eigenvalue weighted by atomic mass is 9.89. The first kappa shape index (κ1) is 21.1. The Bertz CT molecular complexity index is 1070. The molecule has 0 N–H and O–H groups in total. The average Bonchev–Trinajstić information content (AvgIpc) is 3.08. The summed E-state index contributed by atoms with van der Waals surface area (Å²) in [5.41, 5.74) is -1.65. The van der Waals surface area contributed by atoms with Gasteiger partial charge in [0.25, 0.3) is 0 Å². The maximum Gasteiger partial charge on any atom is 0.509 e. The second-order valence-electron chi connectivity index (χ2n) is 7.65. The standard InChI is InChI=1S/C21H22O10/c1-5-26-17(22)12-8-10-6-7-11(9-13(10)28-18(12)23)27-19-15-14(29-20(24)30-15)16(25-4)21(2,3)31-19/h6-9,14-16,19H,5H2,1-4H3/t14-,15?,16-,19-/m1/s1. The molecule has 0 amide bonds. The molecular weight excluding hydrogens is 412 g/mol. The van der Waals surface area contributed by atoms with E-state index in [0.29, 0.717) is 11.1 Å². The highest BCUT2D eigenvalue weighted by Crippen LogP contribution is 2.38. The number of methoxy groups -OCH3 is 1. The minimum atomic E-state index is -0.985. The molecule has 31 heavy (non-hydrogen) atoms. The SMILES string of the molecule is CCOC(=O)c1cc2ccc(O[C@@H]3OC(C)(C)[C@H](OC)[C@@H]4OC(=O)OC34)cc2oc1=O. The molecule has 1 unspecified atom stereocenters. The van der Waals surface area contributed by atoms with Gasteiger partial charge < -0.3 is 32.8 Å². The molecule has 0 spiro atoms.